The number of aryl methyl sites for hydroxylation is 1. The maximum absolute atomic E-state index is 12.8. The summed E-state index contributed by atoms with van der Waals surface area (Å²) in [5.41, 5.74) is 1.21. The van der Waals surface area contributed by atoms with Crippen LogP contribution in [0.1, 0.15) is 5.56 Å². The predicted molar refractivity (Wildman–Crippen MR) is 104 cm³/mol. The first-order valence-electron chi connectivity index (χ1n) is 9.16. The van der Waals surface area contributed by atoms with Crippen LogP contribution in [0.2, 0.25) is 0 Å². The van der Waals surface area contributed by atoms with Crippen LogP contribution in [-0.2, 0) is 10.0 Å². The van der Waals surface area contributed by atoms with Gasteiger partial charge < -0.3 is 14.4 Å². The van der Waals surface area contributed by atoms with E-state index < -0.39 is 10.0 Å². The molecule has 3 rings (SSSR count). The Morgan fingerprint density at radius 3 is 2.15 bits per heavy atom. The Kier molecular flexibility index (Phi) is 6.36. The number of hydrogen-bond acceptors (Lipinski definition) is 4. The predicted octanol–water partition coefficient (Wildman–Crippen LogP) is 0.972. The molecule has 1 saturated heterocycles. The molecule has 1 aliphatic heterocycles. The van der Waals surface area contributed by atoms with Gasteiger partial charge >= 0.3 is 0 Å². The Morgan fingerprint density at radius 2 is 1.56 bits per heavy atom. The molecule has 0 spiro atoms. The van der Waals surface area contributed by atoms with Crippen LogP contribution >= 0.6 is 0 Å². The van der Waals surface area contributed by atoms with Crippen molar-refractivity contribution in [1.82, 2.24) is 4.31 Å². The summed E-state index contributed by atoms with van der Waals surface area (Å²) < 4.78 is 38.0. The van der Waals surface area contributed by atoms with Gasteiger partial charge in [0.15, 0.2) is 0 Å². The second-order valence-electron chi connectivity index (χ2n) is 6.74. The van der Waals surface area contributed by atoms with Crippen molar-refractivity contribution in [2.75, 3.05) is 46.4 Å². The number of sulfonamides is 1. The fraction of sp³-hybridized carbons (Fsp3) is 0.400. The molecule has 0 atom stereocenters. The van der Waals surface area contributed by atoms with Crippen LogP contribution in [0, 0.1) is 6.92 Å². The van der Waals surface area contributed by atoms with E-state index in [2.05, 4.69) is 0 Å². The molecule has 146 valence electrons. The van der Waals surface area contributed by atoms with Crippen molar-refractivity contribution in [2.24, 2.45) is 0 Å². The van der Waals surface area contributed by atoms with E-state index in [-0.39, 0.29) is 0 Å². The number of quaternary nitrogens is 1. The van der Waals surface area contributed by atoms with Gasteiger partial charge in [-0.15, -0.1) is 0 Å². The number of hydrogen-bond donors (Lipinski definition) is 1. The molecule has 1 heterocycles. The second-order valence-corrected chi connectivity index (χ2v) is 8.68. The number of ether oxygens (including phenoxy) is 2. The Labute approximate surface area is 161 Å². The number of methoxy groups -OCH3 is 1. The Hall–Kier alpha value is -2.09. The van der Waals surface area contributed by atoms with Gasteiger partial charge in [-0.25, -0.2) is 8.42 Å². The lowest BCUT2D eigenvalue weighted by Crippen LogP contribution is -3.15. The van der Waals surface area contributed by atoms with Gasteiger partial charge in [-0.2, -0.15) is 4.31 Å². The number of piperazine rings is 1. The van der Waals surface area contributed by atoms with Crippen LogP contribution in [-0.4, -0.2) is 59.2 Å². The Morgan fingerprint density at radius 1 is 0.963 bits per heavy atom. The van der Waals surface area contributed by atoms with Crippen molar-refractivity contribution >= 4 is 10.0 Å². The van der Waals surface area contributed by atoms with Crippen molar-refractivity contribution in [2.45, 2.75) is 11.8 Å². The number of nitrogens with one attached hydrogen (secondary N) is 1. The molecule has 1 fully saturated rings. The van der Waals surface area contributed by atoms with Crippen LogP contribution in [0.5, 0.6) is 11.5 Å². The summed E-state index contributed by atoms with van der Waals surface area (Å²) >= 11 is 0. The zero-order valence-corrected chi connectivity index (χ0v) is 16.7. The molecule has 6 nitrogen and oxygen atoms in total. The van der Waals surface area contributed by atoms with Crippen molar-refractivity contribution in [3.8, 4) is 11.5 Å². The summed E-state index contributed by atoms with van der Waals surface area (Å²) in [5, 5.41) is 0. The molecule has 0 unspecified atom stereocenters. The zero-order valence-electron chi connectivity index (χ0n) is 15.8. The van der Waals surface area contributed by atoms with E-state index in [9.17, 15) is 8.42 Å². The van der Waals surface area contributed by atoms with Crippen molar-refractivity contribution < 1.29 is 22.8 Å². The first-order valence-corrected chi connectivity index (χ1v) is 10.6. The van der Waals surface area contributed by atoms with Crippen molar-refractivity contribution in [3.05, 3.63) is 54.1 Å². The molecule has 27 heavy (non-hydrogen) atoms. The SMILES string of the molecule is COc1ccc(S(=O)(=O)N2CC[NH+](CCOc3ccc(C)cc3)CC2)cc1. The Bertz CT molecular complexity index is 827. The number of rotatable bonds is 7. The van der Waals surface area contributed by atoms with Gasteiger partial charge in [0.1, 0.15) is 24.7 Å². The average molecular weight is 392 g/mol. The molecule has 0 amide bonds. The first kappa shape index (κ1) is 19.7. The average Bonchev–Trinajstić information content (AvgIpc) is 2.70. The van der Waals surface area contributed by atoms with Crippen molar-refractivity contribution in [3.63, 3.8) is 0 Å². The summed E-state index contributed by atoms with van der Waals surface area (Å²) in [7, 11) is -1.88. The van der Waals surface area contributed by atoms with E-state index in [1.165, 1.54) is 10.5 Å². The highest BCUT2D eigenvalue weighted by Crippen LogP contribution is 2.19. The van der Waals surface area contributed by atoms with Gasteiger partial charge in [-0.1, -0.05) is 17.7 Å². The topological polar surface area (TPSA) is 60.3 Å². The molecule has 7 heteroatoms. The minimum absolute atomic E-state index is 0.314. The third-order valence-corrected chi connectivity index (χ3v) is 6.78. The number of benzene rings is 2. The standard InChI is InChI=1S/C20H26N2O4S/c1-17-3-5-19(6-4-17)26-16-15-21-11-13-22(14-12-21)27(23,24)20-9-7-18(25-2)8-10-20/h3-10H,11-16H2,1-2H3/p+1. The molecule has 2 aromatic rings. The summed E-state index contributed by atoms with van der Waals surface area (Å²) in [6, 6.07) is 14.6. The van der Waals surface area contributed by atoms with Crippen LogP contribution < -0.4 is 14.4 Å². The van der Waals surface area contributed by atoms with E-state index >= 15 is 0 Å². The third kappa shape index (κ3) is 5.00. The van der Waals surface area contributed by atoms with Gasteiger partial charge in [-0.3, -0.25) is 0 Å². The maximum atomic E-state index is 12.8. The van der Waals surface area contributed by atoms with Gasteiger partial charge in [0, 0.05) is 0 Å². The van der Waals surface area contributed by atoms with Crippen molar-refractivity contribution in [1.29, 1.82) is 0 Å². The minimum Gasteiger partial charge on any atom is -0.497 e. The molecule has 0 aliphatic carbocycles. The molecule has 1 N–H and O–H groups in total. The lowest BCUT2D eigenvalue weighted by molar-refractivity contribution is -0.903. The number of nitrogens with zero attached hydrogens (tertiary/aromatic N) is 1. The normalized spacial score (nSPS) is 16.2. The second kappa shape index (κ2) is 8.73. The summed E-state index contributed by atoms with van der Waals surface area (Å²) in [4.78, 5) is 1.68. The zero-order chi connectivity index (χ0) is 19.3. The molecule has 2 aromatic carbocycles. The van der Waals surface area contributed by atoms with E-state index in [1.807, 2.05) is 31.2 Å². The lowest BCUT2D eigenvalue weighted by atomic mass is 10.2. The molecule has 0 radical (unpaired) electrons. The summed E-state index contributed by atoms with van der Waals surface area (Å²) in [6.45, 7) is 6.16. The highest BCUT2D eigenvalue weighted by atomic mass is 32.2. The fourth-order valence-electron chi connectivity index (χ4n) is 3.14. The summed E-state index contributed by atoms with van der Waals surface area (Å²) in [6.07, 6.45) is 0. The quantitative estimate of drug-likeness (QED) is 0.764. The van der Waals surface area contributed by atoms with E-state index in [0.717, 1.165) is 25.4 Å². The largest absolute Gasteiger partial charge is 0.497 e. The van der Waals surface area contributed by atoms with Gasteiger partial charge in [0.2, 0.25) is 10.0 Å². The lowest BCUT2D eigenvalue weighted by Gasteiger charge is -2.31. The minimum atomic E-state index is -3.44. The molecule has 0 saturated carbocycles. The Balaban J connectivity index is 1.48. The molecular formula is C20H27N2O4S+. The van der Waals surface area contributed by atoms with E-state index in [4.69, 9.17) is 9.47 Å². The van der Waals surface area contributed by atoms with Crippen LogP contribution in [0.4, 0.5) is 0 Å². The van der Waals surface area contributed by atoms with Crippen LogP contribution in [0.25, 0.3) is 0 Å². The van der Waals surface area contributed by atoms with Gasteiger partial charge in [0.05, 0.1) is 38.2 Å². The van der Waals surface area contributed by atoms with Gasteiger partial charge in [0.25, 0.3) is 0 Å². The van der Waals surface area contributed by atoms with Crippen LogP contribution in [0.3, 0.4) is 0 Å². The monoisotopic (exact) mass is 391 g/mol. The maximum Gasteiger partial charge on any atom is 0.243 e. The third-order valence-electron chi connectivity index (χ3n) is 4.87. The van der Waals surface area contributed by atoms with E-state index in [1.54, 1.807) is 35.7 Å². The molecule has 0 aromatic heterocycles. The highest BCUT2D eigenvalue weighted by Gasteiger charge is 2.30. The highest BCUT2D eigenvalue weighted by molar-refractivity contribution is 7.89. The molecule has 1 aliphatic rings. The van der Waals surface area contributed by atoms with E-state index in [0.29, 0.717) is 30.3 Å². The van der Waals surface area contributed by atoms with Gasteiger partial charge in [-0.05, 0) is 43.3 Å². The van der Waals surface area contributed by atoms with Crippen LogP contribution in [0.15, 0.2) is 53.4 Å². The molecular weight excluding hydrogens is 364 g/mol. The molecule has 0 bridgehead atoms. The smallest absolute Gasteiger partial charge is 0.243 e. The fourth-order valence-corrected chi connectivity index (χ4v) is 4.58. The first-order chi connectivity index (χ1) is 13.0. The summed E-state index contributed by atoms with van der Waals surface area (Å²) in [5.74, 6) is 1.53.